The van der Waals surface area contributed by atoms with Gasteiger partial charge in [0.25, 0.3) is 5.91 Å². The van der Waals surface area contributed by atoms with Crippen molar-refractivity contribution in [1.29, 1.82) is 0 Å². The molecule has 192 valence electrons. The quantitative estimate of drug-likeness (QED) is 0.377. The number of carbonyl (C=O) groups is 1. The van der Waals surface area contributed by atoms with Crippen molar-refractivity contribution in [3.63, 3.8) is 0 Å². The van der Waals surface area contributed by atoms with E-state index in [0.29, 0.717) is 30.1 Å². The van der Waals surface area contributed by atoms with Gasteiger partial charge in [-0.1, -0.05) is 33.3 Å². The van der Waals surface area contributed by atoms with Crippen molar-refractivity contribution in [2.45, 2.75) is 57.9 Å². The van der Waals surface area contributed by atoms with Gasteiger partial charge in [-0.25, -0.2) is 19.3 Å². The average molecular weight is 505 g/mol. The third-order valence-electron chi connectivity index (χ3n) is 6.27. The largest absolute Gasteiger partial charge is 0.448 e. The number of aryl methyl sites for hydroxylation is 1. The van der Waals surface area contributed by atoms with Crippen molar-refractivity contribution in [3.8, 4) is 11.4 Å². The lowest BCUT2D eigenvalue weighted by atomic mass is 9.95. The number of benzene rings is 1. The monoisotopic (exact) mass is 504 g/mol. The third-order valence-corrected chi connectivity index (χ3v) is 6.27. The first kappa shape index (κ1) is 24.5. The smallest absolute Gasteiger partial charge is 0.273 e. The Morgan fingerprint density at radius 2 is 2.00 bits per heavy atom. The van der Waals surface area contributed by atoms with E-state index in [9.17, 15) is 4.79 Å². The zero-order valence-electron chi connectivity index (χ0n) is 21.2. The molecular weight excluding hydrogens is 475 g/mol. The van der Waals surface area contributed by atoms with E-state index in [1.165, 1.54) is 12.6 Å². The molecule has 1 atom stereocenters. The predicted molar refractivity (Wildman–Crippen MR) is 135 cm³/mol. The second-order valence-electron chi connectivity index (χ2n) is 10.2. The van der Waals surface area contributed by atoms with Gasteiger partial charge in [-0.3, -0.25) is 9.48 Å². The molecule has 3 aromatic heterocycles. The van der Waals surface area contributed by atoms with E-state index in [1.54, 1.807) is 30.1 Å². The van der Waals surface area contributed by atoms with Crippen molar-refractivity contribution in [1.82, 2.24) is 35.0 Å². The Bertz CT molecular complexity index is 1440. The second-order valence-corrected chi connectivity index (χ2v) is 10.2. The Hall–Kier alpha value is -4.15. The number of hydrogen-bond donors (Lipinski definition) is 2. The maximum absolute atomic E-state index is 15.9. The number of nitrogens with one attached hydrogen (secondary N) is 2. The van der Waals surface area contributed by atoms with Gasteiger partial charge < -0.3 is 15.1 Å². The molecule has 0 radical (unpaired) electrons. The van der Waals surface area contributed by atoms with E-state index in [4.69, 9.17) is 4.42 Å². The summed E-state index contributed by atoms with van der Waals surface area (Å²) in [5.74, 6) is 0.821. The Morgan fingerprint density at radius 1 is 1.16 bits per heavy atom. The van der Waals surface area contributed by atoms with Crippen LogP contribution >= 0.6 is 0 Å². The van der Waals surface area contributed by atoms with E-state index in [0.717, 1.165) is 18.4 Å². The highest BCUT2D eigenvalue weighted by atomic mass is 19.1. The number of rotatable bonds is 5. The molecule has 0 bridgehead atoms. The summed E-state index contributed by atoms with van der Waals surface area (Å²) in [5.41, 5.74) is 1.51. The van der Waals surface area contributed by atoms with Gasteiger partial charge in [0.2, 0.25) is 5.95 Å². The fourth-order valence-electron chi connectivity index (χ4n) is 4.38. The molecule has 0 unspecified atom stereocenters. The maximum Gasteiger partial charge on any atom is 0.273 e. The summed E-state index contributed by atoms with van der Waals surface area (Å²) in [6.45, 7) is 5.89. The fraction of sp³-hybridized carbons (Fsp3) is 0.385. The van der Waals surface area contributed by atoms with E-state index in [-0.39, 0.29) is 46.2 Å². The molecule has 1 aliphatic carbocycles. The first-order valence-corrected chi connectivity index (χ1v) is 12.2. The molecule has 0 aliphatic heterocycles. The van der Waals surface area contributed by atoms with Crippen molar-refractivity contribution < 1.29 is 13.6 Å². The van der Waals surface area contributed by atoms with E-state index >= 15 is 4.39 Å². The molecule has 1 aliphatic rings. The van der Waals surface area contributed by atoms with Crippen molar-refractivity contribution in [2.24, 2.45) is 7.05 Å². The summed E-state index contributed by atoms with van der Waals surface area (Å²) >= 11 is 0. The van der Waals surface area contributed by atoms with Gasteiger partial charge in [-0.2, -0.15) is 10.1 Å². The average Bonchev–Trinajstić information content (AvgIpc) is 3.46. The number of fused-ring (bicyclic) bond motifs is 1. The number of oxazole rings is 1. The number of halogens is 1. The molecule has 5 rings (SSSR count). The van der Waals surface area contributed by atoms with Gasteiger partial charge in [0.05, 0.1) is 11.6 Å². The zero-order chi connectivity index (χ0) is 26.2. The van der Waals surface area contributed by atoms with Gasteiger partial charge in [0.15, 0.2) is 23.2 Å². The minimum Gasteiger partial charge on any atom is -0.448 e. The molecule has 1 aromatic carbocycles. The number of carbonyl (C=O) groups excluding carboxylic acids is 1. The van der Waals surface area contributed by atoms with Crippen LogP contribution in [0.25, 0.3) is 11.4 Å². The summed E-state index contributed by atoms with van der Waals surface area (Å²) in [7, 11) is 1.81. The van der Waals surface area contributed by atoms with Crippen LogP contribution in [0.15, 0.2) is 41.4 Å². The Morgan fingerprint density at radius 3 is 2.73 bits per heavy atom. The number of amides is 1. The van der Waals surface area contributed by atoms with Crippen LogP contribution in [0.2, 0.25) is 0 Å². The molecule has 4 aromatic rings. The highest BCUT2D eigenvalue weighted by Gasteiger charge is 2.28. The molecular formula is C26H29FN8O2. The molecule has 1 amide bonds. The van der Waals surface area contributed by atoms with Gasteiger partial charge in [0.1, 0.15) is 18.4 Å². The van der Waals surface area contributed by atoms with Gasteiger partial charge in [0, 0.05) is 24.7 Å². The Kier molecular flexibility index (Phi) is 6.45. The predicted octanol–water partition coefficient (Wildman–Crippen LogP) is 4.64. The molecule has 0 fully saturated rings. The molecule has 10 nitrogen and oxygen atoms in total. The standard InChI is InChI=1S/C26H29FN8O2/c1-26(2,3)24-31-19(13-37-24)23(36)30-18-8-6-5-7-16-15(18)9-10-17(21(16)27)22-28-14-29-25(33-22)32-20-11-12-35(4)34-20/h9-14,18H,5-8H2,1-4H3,(H,30,36)(H,28,29,32,33,34)/t18-/m1/s1. The number of anilines is 2. The van der Waals surface area contributed by atoms with E-state index in [2.05, 4.69) is 35.7 Å². The number of nitrogens with zero attached hydrogens (tertiary/aromatic N) is 6. The molecule has 0 spiro atoms. The van der Waals surface area contributed by atoms with E-state index in [1.807, 2.05) is 26.8 Å². The topological polar surface area (TPSA) is 124 Å². The van der Waals surface area contributed by atoms with Crippen LogP contribution in [-0.2, 0) is 18.9 Å². The SMILES string of the molecule is Cn1ccc(Nc2ncnc(-c3ccc4c(c3F)CCCC[C@H]4NC(=O)c3coc(C(C)(C)C)n3)n2)n1. The summed E-state index contributed by atoms with van der Waals surface area (Å²) in [6, 6.07) is 4.95. The van der Waals surface area contributed by atoms with Crippen LogP contribution in [0.5, 0.6) is 0 Å². The summed E-state index contributed by atoms with van der Waals surface area (Å²) in [4.78, 5) is 30.0. The van der Waals surface area contributed by atoms with Crippen molar-refractivity contribution >= 4 is 17.7 Å². The van der Waals surface area contributed by atoms with Crippen LogP contribution in [0, 0.1) is 5.82 Å². The van der Waals surface area contributed by atoms with Crippen LogP contribution in [0.1, 0.15) is 73.6 Å². The normalized spacial score (nSPS) is 15.6. The fourth-order valence-corrected chi connectivity index (χ4v) is 4.38. The highest BCUT2D eigenvalue weighted by Crippen LogP contribution is 2.34. The first-order chi connectivity index (χ1) is 17.7. The number of hydrogen-bond acceptors (Lipinski definition) is 8. The Balaban J connectivity index is 1.41. The second kappa shape index (κ2) is 9.72. The molecule has 37 heavy (non-hydrogen) atoms. The lowest BCUT2D eigenvalue weighted by Crippen LogP contribution is -2.29. The Labute approximate surface area is 213 Å². The van der Waals surface area contributed by atoms with E-state index < -0.39 is 0 Å². The maximum atomic E-state index is 15.9. The first-order valence-electron chi connectivity index (χ1n) is 12.2. The van der Waals surface area contributed by atoms with Crippen LogP contribution in [-0.4, -0.2) is 35.6 Å². The van der Waals surface area contributed by atoms with Gasteiger partial charge in [-0.15, -0.1) is 0 Å². The summed E-state index contributed by atoms with van der Waals surface area (Å²) in [5, 5.41) is 10.3. The molecule has 0 saturated heterocycles. The van der Waals surface area contributed by atoms with Crippen molar-refractivity contribution in [3.05, 3.63) is 65.5 Å². The lowest BCUT2D eigenvalue weighted by Gasteiger charge is -2.20. The minimum absolute atomic E-state index is 0.214. The highest BCUT2D eigenvalue weighted by molar-refractivity contribution is 5.92. The third kappa shape index (κ3) is 5.20. The van der Waals surface area contributed by atoms with Crippen LogP contribution in [0.3, 0.4) is 0 Å². The van der Waals surface area contributed by atoms with Gasteiger partial charge in [-0.05, 0) is 36.5 Å². The molecule has 11 heteroatoms. The summed E-state index contributed by atoms with van der Waals surface area (Å²) < 4.78 is 23.0. The summed E-state index contributed by atoms with van der Waals surface area (Å²) in [6.07, 6.45) is 7.42. The molecule has 2 N–H and O–H groups in total. The minimum atomic E-state index is -0.384. The lowest BCUT2D eigenvalue weighted by molar-refractivity contribution is 0.0929. The van der Waals surface area contributed by atoms with Crippen LogP contribution in [0.4, 0.5) is 16.2 Å². The number of aromatic nitrogens is 6. The zero-order valence-corrected chi connectivity index (χ0v) is 21.2. The van der Waals surface area contributed by atoms with Gasteiger partial charge >= 0.3 is 0 Å². The molecule has 0 saturated carbocycles. The molecule has 3 heterocycles. The van der Waals surface area contributed by atoms with Crippen LogP contribution < -0.4 is 10.6 Å². The van der Waals surface area contributed by atoms with Crippen molar-refractivity contribution in [2.75, 3.05) is 5.32 Å².